The molecule has 0 N–H and O–H groups in total. The van der Waals surface area contributed by atoms with Crippen LogP contribution in [0.4, 0.5) is 0 Å². The van der Waals surface area contributed by atoms with Crippen molar-refractivity contribution in [2.24, 2.45) is 0 Å². The van der Waals surface area contributed by atoms with Crippen LogP contribution in [0.15, 0.2) is 24.8 Å². The largest absolute Gasteiger partial charge is 0.462 e. The van der Waals surface area contributed by atoms with Crippen molar-refractivity contribution in [3.8, 4) is 5.82 Å². The summed E-state index contributed by atoms with van der Waals surface area (Å²) in [6, 6.07) is 0. The first-order valence-corrected chi connectivity index (χ1v) is 5.29. The van der Waals surface area contributed by atoms with E-state index in [9.17, 15) is 4.79 Å². The molecular weight excluding hydrogens is 244 g/mol. The van der Waals surface area contributed by atoms with Gasteiger partial charge in [-0.3, -0.25) is 0 Å². The smallest absolute Gasteiger partial charge is 0.341 e. The molecule has 0 aromatic carbocycles. The van der Waals surface area contributed by atoms with Crippen molar-refractivity contribution in [2.75, 3.05) is 6.61 Å². The lowest BCUT2D eigenvalue weighted by Gasteiger charge is -2.00. The molecule has 0 amide bonds. The summed E-state index contributed by atoms with van der Waals surface area (Å²) in [7, 11) is 0. The van der Waals surface area contributed by atoms with Crippen molar-refractivity contribution in [1.82, 2.24) is 19.7 Å². The second-order valence-corrected chi connectivity index (χ2v) is 3.42. The van der Waals surface area contributed by atoms with E-state index in [-0.39, 0.29) is 5.15 Å². The lowest BCUT2D eigenvalue weighted by atomic mass is 10.4. The Morgan fingerprint density at radius 1 is 1.47 bits per heavy atom. The quantitative estimate of drug-likeness (QED) is 0.774. The lowest BCUT2D eigenvalue weighted by Crippen LogP contribution is -2.03. The molecule has 2 aromatic heterocycles. The molecule has 17 heavy (non-hydrogen) atoms. The normalized spacial score (nSPS) is 10.2. The fourth-order valence-corrected chi connectivity index (χ4v) is 1.42. The molecule has 0 radical (unpaired) electrons. The molecule has 88 valence electrons. The second kappa shape index (κ2) is 4.92. The summed E-state index contributed by atoms with van der Waals surface area (Å²) >= 11 is 5.86. The number of carbonyl (C=O) groups is 1. The fraction of sp³-hybridized carbons (Fsp3) is 0.200. The Labute approximate surface area is 102 Å². The van der Waals surface area contributed by atoms with Gasteiger partial charge in [-0.25, -0.2) is 19.4 Å². The minimum absolute atomic E-state index is 0.214. The first-order valence-electron chi connectivity index (χ1n) is 4.91. The number of ether oxygens (including phenoxy) is 1. The minimum Gasteiger partial charge on any atom is -0.462 e. The maximum Gasteiger partial charge on any atom is 0.341 e. The maximum atomic E-state index is 11.4. The van der Waals surface area contributed by atoms with Crippen LogP contribution in [0.25, 0.3) is 5.82 Å². The SMILES string of the molecule is CCOC(=O)c1cnn(-c2nccnc2Cl)c1. The zero-order chi connectivity index (χ0) is 12.3. The van der Waals surface area contributed by atoms with E-state index < -0.39 is 5.97 Å². The molecule has 0 aliphatic heterocycles. The molecule has 0 saturated heterocycles. The molecule has 0 saturated carbocycles. The molecule has 0 fully saturated rings. The number of hydrogen-bond donors (Lipinski definition) is 0. The summed E-state index contributed by atoms with van der Waals surface area (Å²) in [5, 5.41) is 4.19. The van der Waals surface area contributed by atoms with E-state index >= 15 is 0 Å². The molecular formula is C10H9ClN4O2. The average molecular weight is 253 g/mol. The number of carbonyl (C=O) groups excluding carboxylic acids is 1. The van der Waals surface area contributed by atoms with Crippen molar-refractivity contribution in [1.29, 1.82) is 0 Å². The Bertz CT molecular complexity index is 541. The molecule has 0 atom stereocenters. The maximum absolute atomic E-state index is 11.4. The van der Waals surface area contributed by atoms with Crippen LogP contribution in [0.2, 0.25) is 5.15 Å². The Hall–Kier alpha value is -1.95. The van der Waals surface area contributed by atoms with Crippen molar-refractivity contribution >= 4 is 17.6 Å². The predicted molar refractivity (Wildman–Crippen MR) is 60.1 cm³/mol. The number of nitrogens with zero attached hydrogens (tertiary/aromatic N) is 4. The number of aromatic nitrogens is 4. The van der Waals surface area contributed by atoms with Crippen LogP contribution in [-0.4, -0.2) is 32.3 Å². The van der Waals surface area contributed by atoms with Crippen molar-refractivity contribution in [3.63, 3.8) is 0 Å². The van der Waals surface area contributed by atoms with E-state index in [1.165, 1.54) is 29.5 Å². The zero-order valence-corrected chi connectivity index (χ0v) is 9.76. The molecule has 6 nitrogen and oxygen atoms in total. The van der Waals surface area contributed by atoms with Gasteiger partial charge in [-0.2, -0.15) is 5.10 Å². The van der Waals surface area contributed by atoms with Crippen molar-refractivity contribution in [3.05, 3.63) is 35.5 Å². The van der Waals surface area contributed by atoms with Gasteiger partial charge < -0.3 is 4.74 Å². The predicted octanol–water partition coefficient (Wildman–Crippen LogP) is 1.49. The van der Waals surface area contributed by atoms with E-state index in [0.717, 1.165) is 0 Å². The van der Waals surface area contributed by atoms with Gasteiger partial charge in [-0.15, -0.1) is 0 Å². The van der Waals surface area contributed by atoms with Crippen LogP contribution in [-0.2, 0) is 4.74 Å². The van der Waals surface area contributed by atoms with Crippen LogP contribution in [0.3, 0.4) is 0 Å². The van der Waals surface area contributed by atoms with Crippen LogP contribution in [0.1, 0.15) is 17.3 Å². The number of hydrogen-bond acceptors (Lipinski definition) is 5. The Kier molecular flexibility index (Phi) is 3.34. The molecule has 0 spiro atoms. The topological polar surface area (TPSA) is 69.9 Å². The zero-order valence-electron chi connectivity index (χ0n) is 9.00. The van der Waals surface area contributed by atoms with E-state index in [4.69, 9.17) is 16.3 Å². The average Bonchev–Trinajstić information content (AvgIpc) is 2.79. The van der Waals surface area contributed by atoms with Crippen molar-refractivity contribution in [2.45, 2.75) is 6.92 Å². The van der Waals surface area contributed by atoms with Gasteiger partial charge in [0.1, 0.15) is 0 Å². The molecule has 0 aliphatic rings. The molecule has 0 unspecified atom stereocenters. The highest BCUT2D eigenvalue weighted by Gasteiger charge is 2.12. The third kappa shape index (κ3) is 2.42. The summed E-state index contributed by atoms with van der Waals surface area (Å²) in [5.41, 5.74) is 0.341. The minimum atomic E-state index is -0.432. The summed E-state index contributed by atoms with van der Waals surface area (Å²) in [5.74, 6) is -0.0662. The standard InChI is InChI=1S/C10H9ClN4O2/c1-2-17-10(16)7-5-14-15(6-7)9-8(11)12-3-4-13-9/h3-6H,2H2,1H3. The van der Waals surface area contributed by atoms with E-state index in [1.54, 1.807) is 6.92 Å². The van der Waals surface area contributed by atoms with Crippen molar-refractivity contribution < 1.29 is 9.53 Å². The monoisotopic (exact) mass is 252 g/mol. The van der Waals surface area contributed by atoms with Crippen LogP contribution in [0.5, 0.6) is 0 Å². The van der Waals surface area contributed by atoms with Gasteiger partial charge in [0.15, 0.2) is 11.0 Å². The van der Waals surface area contributed by atoms with Gasteiger partial charge in [-0.1, -0.05) is 11.6 Å². The van der Waals surface area contributed by atoms with Crippen LogP contribution in [0, 0.1) is 0 Å². The van der Waals surface area contributed by atoms with Gasteiger partial charge in [-0.05, 0) is 6.92 Å². The van der Waals surface area contributed by atoms with Gasteiger partial charge in [0.2, 0.25) is 0 Å². The van der Waals surface area contributed by atoms with E-state index in [1.807, 2.05) is 0 Å². The highest BCUT2D eigenvalue weighted by molar-refractivity contribution is 6.30. The Balaban J connectivity index is 2.30. The summed E-state index contributed by atoms with van der Waals surface area (Å²) in [4.78, 5) is 19.3. The third-order valence-corrected chi connectivity index (χ3v) is 2.21. The first kappa shape index (κ1) is 11.5. The highest BCUT2D eigenvalue weighted by atomic mass is 35.5. The Morgan fingerprint density at radius 2 is 2.24 bits per heavy atom. The third-order valence-electron chi connectivity index (χ3n) is 1.95. The summed E-state index contributed by atoms with van der Waals surface area (Å²) < 4.78 is 6.22. The number of esters is 1. The molecule has 2 aromatic rings. The molecule has 0 bridgehead atoms. The fourth-order valence-electron chi connectivity index (χ4n) is 1.23. The summed E-state index contributed by atoms with van der Waals surface area (Å²) in [6.07, 6.45) is 5.85. The van der Waals surface area contributed by atoms with Gasteiger partial charge in [0.05, 0.1) is 18.4 Å². The number of halogens is 1. The molecule has 2 heterocycles. The highest BCUT2D eigenvalue weighted by Crippen LogP contribution is 2.14. The number of rotatable bonds is 3. The van der Waals surface area contributed by atoms with Crippen LogP contribution < -0.4 is 0 Å². The van der Waals surface area contributed by atoms with E-state index in [0.29, 0.717) is 18.0 Å². The van der Waals surface area contributed by atoms with Gasteiger partial charge in [0, 0.05) is 18.6 Å². The van der Waals surface area contributed by atoms with Gasteiger partial charge >= 0.3 is 5.97 Å². The lowest BCUT2D eigenvalue weighted by molar-refractivity contribution is 0.0526. The van der Waals surface area contributed by atoms with Crippen LogP contribution >= 0.6 is 11.6 Å². The molecule has 7 heteroatoms. The van der Waals surface area contributed by atoms with E-state index in [2.05, 4.69) is 15.1 Å². The second-order valence-electron chi connectivity index (χ2n) is 3.06. The van der Waals surface area contributed by atoms with Gasteiger partial charge in [0.25, 0.3) is 0 Å². The summed E-state index contributed by atoms with van der Waals surface area (Å²) in [6.45, 7) is 2.05. The Morgan fingerprint density at radius 3 is 2.94 bits per heavy atom. The molecule has 2 rings (SSSR count). The first-order chi connectivity index (χ1) is 8.22. The molecule has 0 aliphatic carbocycles.